The van der Waals surface area contributed by atoms with Crippen LogP contribution < -0.4 is 21.3 Å². The SMILES string of the molecule is CCNCc1ccccc1NC(=O)c1ccc(C2(C)NC(=O)NC2=O)cc1.Cl. The van der Waals surface area contributed by atoms with E-state index in [-0.39, 0.29) is 18.3 Å². The van der Waals surface area contributed by atoms with Crippen LogP contribution >= 0.6 is 12.4 Å². The molecule has 0 saturated carbocycles. The molecule has 1 atom stereocenters. The number of nitrogens with one attached hydrogen (secondary N) is 4. The lowest BCUT2D eigenvalue weighted by atomic mass is 9.91. The van der Waals surface area contributed by atoms with E-state index < -0.39 is 17.5 Å². The predicted octanol–water partition coefficient (Wildman–Crippen LogP) is 2.52. The Morgan fingerprint density at radius 2 is 1.75 bits per heavy atom. The van der Waals surface area contributed by atoms with Crippen molar-refractivity contribution in [2.24, 2.45) is 0 Å². The molecule has 1 fully saturated rings. The Balaban J connectivity index is 0.00000280. The lowest BCUT2D eigenvalue weighted by molar-refractivity contribution is -0.123. The maximum Gasteiger partial charge on any atom is 0.322 e. The van der Waals surface area contributed by atoms with Crippen LogP contribution in [0.5, 0.6) is 0 Å². The topological polar surface area (TPSA) is 99.3 Å². The second kappa shape index (κ2) is 8.86. The van der Waals surface area contributed by atoms with Crippen LogP contribution in [-0.2, 0) is 16.9 Å². The number of amides is 4. The van der Waals surface area contributed by atoms with Gasteiger partial charge in [0.05, 0.1) is 0 Å². The third kappa shape index (κ3) is 4.32. The van der Waals surface area contributed by atoms with E-state index in [9.17, 15) is 14.4 Å². The number of carbonyl (C=O) groups is 3. The van der Waals surface area contributed by atoms with Gasteiger partial charge in [-0.05, 0) is 42.8 Å². The van der Waals surface area contributed by atoms with Gasteiger partial charge in [-0.2, -0.15) is 0 Å². The molecule has 4 N–H and O–H groups in total. The first kappa shape index (κ1) is 21.4. The lowest BCUT2D eigenvalue weighted by Crippen LogP contribution is -2.40. The first-order valence-electron chi connectivity index (χ1n) is 8.78. The maximum absolute atomic E-state index is 12.6. The summed E-state index contributed by atoms with van der Waals surface area (Å²) in [4.78, 5) is 36.0. The summed E-state index contributed by atoms with van der Waals surface area (Å²) in [7, 11) is 0. The number of rotatable bonds is 6. The Bertz CT molecular complexity index is 885. The molecule has 0 radical (unpaired) electrons. The van der Waals surface area contributed by atoms with E-state index >= 15 is 0 Å². The molecular formula is C20H23ClN4O3. The van der Waals surface area contributed by atoms with Crippen molar-refractivity contribution in [2.75, 3.05) is 11.9 Å². The highest BCUT2D eigenvalue weighted by molar-refractivity contribution is 6.07. The smallest absolute Gasteiger partial charge is 0.322 e. The molecule has 148 valence electrons. The average molecular weight is 403 g/mol. The van der Waals surface area contributed by atoms with Gasteiger partial charge < -0.3 is 16.0 Å². The van der Waals surface area contributed by atoms with Crippen LogP contribution in [0.3, 0.4) is 0 Å². The fourth-order valence-corrected chi connectivity index (χ4v) is 2.95. The summed E-state index contributed by atoms with van der Waals surface area (Å²) >= 11 is 0. The van der Waals surface area contributed by atoms with E-state index in [1.165, 1.54) is 0 Å². The minimum atomic E-state index is -1.13. The quantitative estimate of drug-likeness (QED) is 0.558. The zero-order valence-electron chi connectivity index (χ0n) is 15.7. The number of hydrogen-bond donors (Lipinski definition) is 4. The van der Waals surface area contributed by atoms with Crippen LogP contribution in [-0.4, -0.2) is 24.4 Å². The van der Waals surface area contributed by atoms with Gasteiger partial charge in [-0.3, -0.25) is 14.9 Å². The van der Waals surface area contributed by atoms with Crippen LogP contribution in [0.15, 0.2) is 48.5 Å². The molecule has 0 spiro atoms. The normalized spacial score (nSPS) is 18.1. The molecule has 1 aliphatic heterocycles. The number of benzene rings is 2. The molecule has 8 heteroatoms. The fraction of sp³-hybridized carbons (Fsp3) is 0.250. The molecule has 1 heterocycles. The second-order valence-electron chi connectivity index (χ2n) is 6.50. The number of hydrogen-bond acceptors (Lipinski definition) is 4. The second-order valence-corrected chi connectivity index (χ2v) is 6.50. The van der Waals surface area contributed by atoms with Crippen molar-refractivity contribution in [3.63, 3.8) is 0 Å². The molecule has 28 heavy (non-hydrogen) atoms. The molecule has 0 bridgehead atoms. The fourth-order valence-electron chi connectivity index (χ4n) is 2.95. The molecule has 0 aliphatic carbocycles. The van der Waals surface area contributed by atoms with E-state index in [1.54, 1.807) is 31.2 Å². The van der Waals surface area contributed by atoms with Crippen molar-refractivity contribution in [2.45, 2.75) is 25.9 Å². The number of carbonyl (C=O) groups excluding carboxylic acids is 3. The van der Waals surface area contributed by atoms with Crippen molar-refractivity contribution in [3.8, 4) is 0 Å². The number of anilines is 1. The standard InChI is InChI=1S/C20H22N4O3.ClH/c1-3-21-12-14-6-4-5-7-16(14)22-17(25)13-8-10-15(11-9-13)20(2)18(26)23-19(27)24-20;/h4-11,21H,3,12H2,1-2H3,(H,22,25)(H2,23,24,26,27);1H. The summed E-state index contributed by atoms with van der Waals surface area (Å²) in [5.74, 6) is -0.655. The Morgan fingerprint density at radius 1 is 1.07 bits per heavy atom. The van der Waals surface area contributed by atoms with Gasteiger partial charge in [0.15, 0.2) is 0 Å². The van der Waals surface area contributed by atoms with Crippen molar-refractivity contribution < 1.29 is 14.4 Å². The molecule has 1 saturated heterocycles. The van der Waals surface area contributed by atoms with Crippen molar-refractivity contribution >= 4 is 35.9 Å². The van der Waals surface area contributed by atoms with Crippen LogP contribution in [0.25, 0.3) is 0 Å². The highest BCUT2D eigenvalue weighted by Crippen LogP contribution is 2.25. The summed E-state index contributed by atoms with van der Waals surface area (Å²) in [6, 6.07) is 13.7. The van der Waals surface area contributed by atoms with E-state index in [0.717, 1.165) is 17.8 Å². The van der Waals surface area contributed by atoms with Crippen LogP contribution in [0.1, 0.15) is 35.3 Å². The Kier molecular flexibility index (Phi) is 6.77. The van der Waals surface area contributed by atoms with Gasteiger partial charge in [-0.15, -0.1) is 12.4 Å². The third-order valence-electron chi connectivity index (χ3n) is 4.60. The lowest BCUT2D eigenvalue weighted by Gasteiger charge is -2.21. The zero-order chi connectivity index (χ0) is 19.4. The predicted molar refractivity (Wildman–Crippen MR) is 109 cm³/mol. The molecule has 3 rings (SSSR count). The summed E-state index contributed by atoms with van der Waals surface area (Å²) in [6.45, 7) is 5.15. The molecule has 7 nitrogen and oxygen atoms in total. The molecule has 1 aliphatic rings. The summed E-state index contributed by atoms with van der Waals surface area (Å²) in [5, 5.41) is 11.0. The van der Waals surface area contributed by atoms with Gasteiger partial charge in [0.25, 0.3) is 11.8 Å². The largest absolute Gasteiger partial charge is 0.322 e. The molecule has 2 aromatic carbocycles. The van der Waals surface area contributed by atoms with Crippen LogP contribution in [0.2, 0.25) is 0 Å². The number of para-hydroxylation sites is 1. The first-order chi connectivity index (χ1) is 12.9. The number of imide groups is 1. The van der Waals surface area contributed by atoms with E-state index in [0.29, 0.717) is 17.7 Å². The molecule has 1 unspecified atom stereocenters. The molecular weight excluding hydrogens is 380 g/mol. The third-order valence-corrected chi connectivity index (χ3v) is 4.60. The molecule has 4 amide bonds. The summed E-state index contributed by atoms with van der Waals surface area (Å²) in [5.41, 5.74) is 1.69. The van der Waals surface area contributed by atoms with Gasteiger partial charge in [-0.25, -0.2) is 4.79 Å². The number of halogens is 1. The highest BCUT2D eigenvalue weighted by Gasteiger charge is 2.43. The van der Waals surface area contributed by atoms with Gasteiger partial charge in [0, 0.05) is 17.8 Å². The van der Waals surface area contributed by atoms with E-state index in [2.05, 4.69) is 21.3 Å². The minimum Gasteiger partial charge on any atom is -0.322 e. The first-order valence-corrected chi connectivity index (χ1v) is 8.78. The van der Waals surface area contributed by atoms with Gasteiger partial charge in [-0.1, -0.05) is 37.3 Å². The summed E-state index contributed by atoms with van der Waals surface area (Å²) in [6.07, 6.45) is 0. The van der Waals surface area contributed by atoms with E-state index in [1.807, 2.05) is 31.2 Å². The van der Waals surface area contributed by atoms with E-state index in [4.69, 9.17) is 0 Å². The molecule has 2 aromatic rings. The van der Waals surface area contributed by atoms with Crippen molar-refractivity contribution in [1.29, 1.82) is 0 Å². The zero-order valence-corrected chi connectivity index (χ0v) is 16.5. The summed E-state index contributed by atoms with van der Waals surface area (Å²) < 4.78 is 0. The average Bonchev–Trinajstić information content (AvgIpc) is 2.93. The monoisotopic (exact) mass is 402 g/mol. The Hall–Kier alpha value is -2.90. The Labute approximate surface area is 169 Å². The number of urea groups is 1. The van der Waals surface area contributed by atoms with Crippen LogP contribution in [0, 0.1) is 0 Å². The maximum atomic E-state index is 12.6. The Morgan fingerprint density at radius 3 is 2.36 bits per heavy atom. The molecule has 0 aromatic heterocycles. The minimum absolute atomic E-state index is 0. The van der Waals surface area contributed by atoms with Crippen molar-refractivity contribution in [1.82, 2.24) is 16.0 Å². The van der Waals surface area contributed by atoms with Gasteiger partial charge >= 0.3 is 6.03 Å². The highest BCUT2D eigenvalue weighted by atomic mass is 35.5. The van der Waals surface area contributed by atoms with Crippen LogP contribution in [0.4, 0.5) is 10.5 Å². The van der Waals surface area contributed by atoms with Gasteiger partial charge in [0.1, 0.15) is 5.54 Å². The van der Waals surface area contributed by atoms with Crippen molar-refractivity contribution in [3.05, 3.63) is 65.2 Å². The van der Waals surface area contributed by atoms with Gasteiger partial charge in [0.2, 0.25) is 0 Å².